The monoisotopic (exact) mass is 559 g/mol. The summed E-state index contributed by atoms with van der Waals surface area (Å²) in [5, 5.41) is 0. The zero-order valence-electron chi connectivity index (χ0n) is 22.9. The van der Waals surface area contributed by atoms with Crippen molar-refractivity contribution < 1.29 is 28.2 Å². The number of carbonyl (C=O) groups is 3. The van der Waals surface area contributed by atoms with Gasteiger partial charge in [-0.05, 0) is 35.9 Å². The van der Waals surface area contributed by atoms with E-state index in [1.807, 2.05) is 11.0 Å². The van der Waals surface area contributed by atoms with Crippen molar-refractivity contribution >= 4 is 29.1 Å². The molecule has 0 N–H and O–H groups in total. The average molecular weight is 560 g/mol. The normalized spacial score (nSPS) is 21.2. The number of ether oxygens (including phenoxy) is 2. The molecule has 0 unspecified atom stereocenters. The van der Waals surface area contributed by atoms with Crippen molar-refractivity contribution in [1.29, 1.82) is 0 Å². The van der Waals surface area contributed by atoms with E-state index < -0.39 is 29.2 Å². The van der Waals surface area contributed by atoms with Crippen LogP contribution in [-0.2, 0) is 0 Å². The predicted molar refractivity (Wildman–Crippen MR) is 156 cm³/mol. The molecule has 2 heterocycles. The molecule has 42 heavy (non-hydrogen) atoms. The molecule has 3 atom stereocenters. The van der Waals surface area contributed by atoms with Crippen LogP contribution in [-0.4, -0.2) is 43.7 Å². The van der Waals surface area contributed by atoms with Gasteiger partial charge in [0.2, 0.25) is 0 Å². The molecule has 1 spiro atoms. The van der Waals surface area contributed by atoms with E-state index in [2.05, 4.69) is 0 Å². The Labute approximate surface area is 242 Å². The molecular formula is C35H26FNO5. The minimum atomic E-state index is -1.67. The molecule has 1 saturated heterocycles. The van der Waals surface area contributed by atoms with E-state index in [1.165, 1.54) is 26.4 Å². The second-order valence-electron chi connectivity index (χ2n) is 10.8. The molecule has 6 nitrogen and oxygen atoms in total. The van der Waals surface area contributed by atoms with Gasteiger partial charge in [0.25, 0.3) is 0 Å². The molecule has 2 aliphatic heterocycles. The lowest BCUT2D eigenvalue weighted by Crippen LogP contribution is -2.48. The van der Waals surface area contributed by atoms with Gasteiger partial charge in [-0.15, -0.1) is 0 Å². The summed E-state index contributed by atoms with van der Waals surface area (Å²) in [5.41, 5.74) is 1.17. The highest BCUT2D eigenvalue weighted by molar-refractivity contribution is 6.32. The van der Waals surface area contributed by atoms with Crippen molar-refractivity contribution in [2.24, 2.45) is 5.41 Å². The molecule has 0 saturated carbocycles. The Morgan fingerprint density at radius 1 is 0.810 bits per heavy atom. The van der Waals surface area contributed by atoms with Gasteiger partial charge in [-0.25, -0.2) is 4.39 Å². The number of anilines is 1. The number of benzene rings is 4. The van der Waals surface area contributed by atoms with Crippen LogP contribution >= 0.6 is 0 Å². The number of fused-ring (bicyclic) bond motifs is 5. The van der Waals surface area contributed by atoms with Crippen molar-refractivity contribution in [1.82, 2.24) is 0 Å². The summed E-state index contributed by atoms with van der Waals surface area (Å²) in [4.78, 5) is 45.9. The summed E-state index contributed by atoms with van der Waals surface area (Å²) >= 11 is 0. The Morgan fingerprint density at radius 3 is 2.14 bits per heavy atom. The minimum Gasteiger partial charge on any atom is -0.493 e. The highest BCUT2D eigenvalue weighted by Gasteiger charge is 2.71. The van der Waals surface area contributed by atoms with Gasteiger partial charge < -0.3 is 14.4 Å². The zero-order valence-corrected chi connectivity index (χ0v) is 22.9. The Morgan fingerprint density at radius 2 is 1.48 bits per heavy atom. The van der Waals surface area contributed by atoms with Crippen LogP contribution in [0.1, 0.15) is 48.1 Å². The smallest absolute Gasteiger partial charge is 0.185 e. The minimum absolute atomic E-state index is 0.251. The van der Waals surface area contributed by atoms with E-state index in [0.717, 1.165) is 0 Å². The lowest BCUT2D eigenvalue weighted by atomic mass is 9.64. The molecule has 4 aromatic carbocycles. The van der Waals surface area contributed by atoms with E-state index in [1.54, 1.807) is 84.9 Å². The zero-order chi connectivity index (χ0) is 29.2. The van der Waals surface area contributed by atoms with E-state index in [4.69, 9.17) is 9.47 Å². The second-order valence-corrected chi connectivity index (χ2v) is 10.8. The van der Waals surface area contributed by atoms with Crippen LogP contribution in [0.3, 0.4) is 0 Å². The average Bonchev–Trinajstić information content (AvgIpc) is 3.46. The maximum atomic E-state index is 14.7. The molecule has 0 aromatic heterocycles. The number of methoxy groups -OCH3 is 2. The molecule has 1 fully saturated rings. The molecule has 0 bridgehead atoms. The number of Topliss-reactive ketones (excluding diaryl/α,β-unsaturated/α-hetero) is 3. The lowest BCUT2D eigenvalue weighted by Gasteiger charge is -2.37. The predicted octanol–water partition coefficient (Wildman–Crippen LogP) is 6.16. The highest BCUT2D eigenvalue weighted by atomic mass is 19.1. The molecular weight excluding hydrogens is 533 g/mol. The third-order valence-electron chi connectivity index (χ3n) is 8.86. The van der Waals surface area contributed by atoms with Crippen molar-refractivity contribution in [3.8, 4) is 11.5 Å². The van der Waals surface area contributed by atoms with Gasteiger partial charge in [0, 0.05) is 33.9 Å². The molecule has 7 rings (SSSR count). The number of rotatable bonds is 5. The number of halogens is 1. The standard InChI is InChI=1S/C35H26FNO5/c1-41-27-16-12-22(19-28(27)42-2)30-31(32(38)20-8-4-3-5-9-20)37-26-15-14-23(36)18-21(26)13-17-29(37)35(30)33(39)24-10-6-7-11-25(24)34(35)40/h3-19,29-31H,1-2H3/t29-,30+,31+/m1/s1. The van der Waals surface area contributed by atoms with Gasteiger partial charge in [-0.3, -0.25) is 14.4 Å². The van der Waals surface area contributed by atoms with Crippen LogP contribution in [0, 0.1) is 11.2 Å². The van der Waals surface area contributed by atoms with E-state index in [-0.39, 0.29) is 17.3 Å². The van der Waals surface area contributed by atoms with E-state index >= 15 is 0 Å². The number of hydrogen-bond donors (Lipinski definition) is 0. The van der Waals surface area contributed by atoms with Crippen molar-refractivity contribution in [3.63, 3.8) is 0 Å². The Balaban J connectivity index is 1.56. The molecule has 1 aliphatic carbocycles. The second kappa shape index (κ2) is 9.52. The number of ketones is 3. The first kappa shape index (κ1) is 25.9. The van der Waals surface area contributed by atoms with Crippen molar-refractivity contribution in [2.45, 2.75) is 18.0 Å². The summed E-state index contributed by atoms with van der Waals surface area (Å²) in [6.07, 6.45) is 3.52. The van der Waals surface area contributed by atoms with E-state index in [9.17, 15) is 18.8 Å². The summed E-state index contributed by atoms with van der Waals surface area (Å²) < 4.78 is 25.5. The van der Waals surface area contributed by atoms with Gasteiger partial charge in [0.15, 0.2) is 28.8 Å². The summed E-state index contributed by atoms with van der Waals surface area (Å²) in [6.45, 7) is 0. The van der Waals surface area contributed by atoms with Gasteiger partial charge in [0.1, 0.15) is 17.3 Å². The van der Waals surface area contributed by atoms with Gasteiger partial charge in [-0.2, -0.15) is 0 Å². The van der Waals surface area contributed by atoms with Gasteiger partial charge >= 0.3 is 0 Å². The Bertz CT molecular complexity index is 1780. The Hall–Kier alpha value is -5.04. The molecule has 7 heteroatoms. The third kappa shape index (κ3) is 3.40. The van der Waals surface area contributed by atoms with Crippen LogP contribution in [0.4, 0.5) is 10.1 Å². The fourth-order valence-corrected chi connectivity index (χ4v) is 7.14. The summed E-state index contributed by atoms with van der Waals surface area (Å²) in [6, 6.07) is 23.5. The lowest BCUT2D eigenvalue weighted by molar-refractivity contribution is 0.0665. The highest BCUT2D eigenvalue weighted by Crippen LogP contribution is 2.61. The van der Waals surface area contributed by atoms with Crippen LogP contribution in [0.15, 0.2) is 97.1 Å². The number of carbonyl (C=O) groups excluding carboxylic acids is 3. The molecule has 3 aliphatic rings. The van der Waals surface area contributed by atoms with Crippen molar-refractivity contribution in [2.75, 3.05) is 19.1 Å². The topological polar surface area (TPSA) is 72.9 Å². The first-order chi connectivity index (χ1) is 20.4. The van der Waals surface area contributed by atoms with Crippen LogP contribution in [0.2, 0.25) is 0 Å². The maximum absolute atomic E-state index is 14.7. The molecule has 0 amide bonds. The first-order valence-corrected chi connectivity index (χ1v) is 13.7. The maximum Gasteiger partial charge on any atom is 0.185 e. The van der Waals surface area contributed by atoms with Crippen LogP contribution in [0.25, 0.3) is 6.08 Å². The third-order valence-corrected chi connectivity index (χ3v) is 8.86. The van der Waals surface area contributed by atoms with E-state index in [0.29, 0.717) is 45.0 Å². The number of nitrogens with zero attached hydrogens (tertiary/aromatic N) is 1. The summed E-state index contributed by atoms with van der Waals surface area (Å²) in [7, 11) is 3.04. The SMILES string of the molecule is COc1ccc([C@H]2[C@@H](C(=O)c3ccccc3)N3c4ccc(F)cc4C=C[C@@H]3C23C(=O)c2ccccc2C3=O)cc1OC. The molecule has 208 valence electrons. The molecule has 0 radical (unpaired) electrons. The molecule has 4 aromatic rings. The van der Waals surface area contributed by atoms with Crippen LogP contribution in [0.5, 0.6) is 11.5 Å². The van der Waals surface area contributed by atoms with Crippen LogP contribution < -0.4 is 14.4 Å². The largest absolute Gasteiger partial charge is 0.493 e. The fourth-order valence-electron chi connectivity index (χ4n) is 7.14. The summed E-state index contributed by atoms with van der Waals surface area (Å²) in [5.74, 6) is -1.37. The number of hydrogen-bond acceptors (Lipinski definition) is 6. The Kier molecular flexibility index (Phi) is 5.87. The fraction of sp³-hybridized carbons (Fsp3) is 0.171. The van der Waals surface area contributed by atoms with Gasteiger partial charge in [-0.1, -0.05) is 72.8 Å². The van der Waals surface area contributed by atoms with Crippen molar-refractivity contribution in [3.05, 3.63) is 131 Å². The first-order valence-electron chi connectivity index (χ1n) is 13.7. The van der Waals surface area contributed by atoms with Gasteiger partial charge in [0.05, 0.1) is 20.3 Å². The quantitative estimate of drug-likeness (QED) is 0.216.